The molecule has 0 spiro atoms. The summed E-state index contributed by atoms with van der Waals surface area (Å²) >= 11 is 0. The second kappa shape index (κ2) is 8.69. The Bertz CT molecular complexity index is 818. The van der Waals surface area contributed by atoms with Crippen LogP contribution in [0.2, 0.25) is 0 Å². The molecule has 0 atom stereocenters. The Kier molecular flexibility index (Phi) is 5.86. The van der Waals surface area contributed by atoms with Crippen molar-refractivity contribution in [3.8, 4) is 11.6 Å². The third-order valence-electron chi connectivity index (χ3n) is 5.72. The molecule has 0 bridgehead atoms. The van der Waals surface area contributed by atoms with E-state index < -0.39 is 0 Å². The molecule has 4 rings (SSSR count). The van der Waals surface area contributed by atoms with Crippen LogP contribution < -0.4 is 10.1 Å². The highest BCUT2D eigenvalue weighted by molar-refractivity contribution is 5.91. The zero-order valence-corrected chi connectivity index (χ0v) is 16.5. The van der Waals surface area contributed by atoms with E-state index in [2.05, 4.69) is 32.3 Å². The van der Waals surface area contributed by atoms with Gasteiger partial charge in [-0.2, -0.15) is 0 Å². The summed E-state index contributed by atoms with van der Waals surface area (Å²) < 4.78 is 5.89. The van der Waals surface area contributed by atoms with E-state index in [1.807, 2.05) is 13.0 Å². The average Bonchev–Trinajstić information content (AvgIpc) is 2.88. The van der Waals surface area contributed by atoms with E-state index in [0.717, 1.165) is 44.1 Å². The molecule has 6 heteroatoms. The number of carbonyl (C=O) groups excluding carboxylic acids is 1. The number of fused-ring (bicyclic) bond motifs is 1. The van der Waals surface area contributed by atoms with Crippen LogP contribution in [0.5, 0.6) is 11.6 Å². The Balaban J connectivity index is 1.39. The highest BCUT2D eigenvalue weighted by Gasteiger charge is 2.26. The first-order valence-electron chi connectivity index (χ1n) is 10.4. The number of hydrogen-bond donors (Lipinski definition) is 1. The molecule has 148 valence electrons. The molecule has 1 aromatic carbocycles. The minimum atomic E-state index is -0.207. The summed E-state index contributed by atoms with van der Waals surface area (Å²) in [5, 5.41) is 2.79. The van der Waals surface area contributed by atoms with Crippen LogP contribution in [-0.4, -0.2) is 46.5 Å². The third kappa shape index (κ3) is 4.33. The Hall–Kier alpha value is -2.47. The second-order valence-corrected chi connectivity index (χ2v) is 7.65. The quantitative estimate of drug-likeness (QED) is 0.832. The maximum Gasteiger partial charge on any atom is 0.271 e. The summed E-state index contributed by atoms with van der Waals surface area (Å²) in [4.78, 5) is 23.0. The molecule has 1 aliphatic carbocycles. The number of carbonyl (C=O) groups is 1. The van der Waals surface area contributed by atoms with Crippen LogP contribution in [0.3, 0.4) is 0 Å². The van der Waals surface area contributed by atoms with Gasteiger partial charge in [-0.3, -0.25) is 9.69 Å². The predicted molar refractivity (Wildman–Crippen MR) is 108 cm³/mol. The maximum atomic E-state index is 11.9. The van der Waals surface area contributed by atoms with Gasteiger partial charge in [-0.05, 0) is 55.4 Å². The highest BCUT2D eigenvalue weighted by atomic mass is 16.5. The van der Waals surface area contributed by atoms with Crippen molar-refractivity contribution in [3.63, 3.8) is 0 Å². The summed E-state index contributed by atoms with van der Waals surface area (Å²) in [5.41, 5.74) is 3.09. The van der Waals surface area contributed by atoms with Gasteiger partial charge in [0, 0.05) is 25.7 Å². The molecular formula is C22H28N4O2. The molecule has 2 aliphatic rings. The van der Waals surface area contributed by atoms with Gasteiger partial charge in [-0.15, -0.1) is 0 Å². The summed E-state index contributed by atoms with van der Waals surface area (Å²) in [7, 11) is 0. The Labute approximate surface area is 166 Å². The lowest BCUT2D eigenvalue weighted by Gasteiger charge is -2.36. The van der Waals surface area contributed by atoms with Gasteiger partial charge < -0.3 is 10.1 Å². The molecule has 1 N–H and O–H groups in total. The van der Waals surface area contributed by atoms with Crippen LogP contribution in [0, 0.1) is 0 Å². The standard InChI is InChI=1S/C22H28N4O2/c1-2-10-23-22(27)20-14-25-21(15-24-20)28-19-7-6-16-8-11-26(18-4-3-5-18)12-9-17(16)13-19/h6-7,13-15,18H,2-5,8-12H2,1H3,(H,23,27). The van der Waals surface area contributed by atoms with E-state index in [0.29, 0.717) is 18.1 Å². The number of benzene rings is 1. The molecule has 1 amide bonds. The van der Waals surface area contributed by atoms with Crippen molar-refractivity contribution in [1.29, 1.82) is 0 Å². The molecule has 0 radical (unpaired) electrons. The zero-order valence-electron chi connectivity index (χ0n) is 16.5. The lowest BCUT2D eigenvalue weighted by molar-refractivity contribution is 0.0948. The van der Waals surface area contributed by atoms with Gasteiger partial charge >= 0.3 is 0 Å². The highest BCUT2D eigenvalue weighted by Crippen LogP contribution is 2.29. The van der Waals surface area contributed by atoms with E-state index in [1.54, 1.807) is 0 Å². The number of aromatic nitrogens is 2. The van der Waals surface area contributed by atoms with Crippen LogP contribution in [-0.2, 0) is 12.8 Å². The topological polar surface area (TPSA) is 67.3 Å². The average molecular weight is 380 g/mol. The zero-order chi connectivity index (χ0) is 19.3. The minimum absolute atomic E-state index is 0.207. The molecule has 1 aromatic heterocycles. The Morgan fingerprint density at radius 3 is 2.68 bits per heavy atom. The van der Waals surface area contributed by atoms with Crippen molar-refractivity contribution in [2.75, 3.05) is 19.6 Å². The van der Waals surface area contributed by atoms with E-state index in [1.165, 1.54) is 42.8 Å². The van der Waals surface area contributed by atoms with Crippen LogP contribution in [0.4, 0.5) is 0 Å². The molecule has 0 unspecified atom stereocenters. The van der Waals surface area contributed by atoms with Crippen molar-refractivity contribution in [2.45, 2.75) is 51.5 Å². The summed E-state index contributed by atoms with van der Waals surface area (Å²) in [6, 6.07) is 7.10. The molecule has 1 fully saturated rings. The minimum Gasteiger partial charge on any atom is -0.437 e. The fourth-order valence-electron chi connectivity index (χ4n) is 3.84. The molecule has 1 aliphatic heterocycles. The van der Waals surface area contributed by atoms with Gasteiger partial charge in [0.15, 0.2) is 0 Å². The summed E-state index contributed by atoms with van der Waals surface area (Å²) in [6.45, 7) is 4.92. The van der Waals surface area contributed by atoms with Crippen molar-refractivity contribution in [2.24, 2.45) is 0 Å². The first-order valence-corrected chi connectivity index (χ1v) is 10.4. The van der Waals surface area contributed by atoms with Crippen molar-refractivity contribution in [1.82, 2.24) is 20.2 Å². The van der Waals surface area contributed by atoms with E-state index in [-0.39, 0.29) is 5.91 Å². The number of nitrogens with one attached hydrogen (secondary N) is 1. The molecule has 1 saturated carbocycles. The largest absolute Gasteiger partial charge is 0.437 e. The third-order valence-corrected chi connectivity index (χ3v) is 5.72. The molecule has 2 heterocycles. The first-order chi connectivity index (χ1) is 13.7. The van der Waals surface area contributed by atoms with E-state index in [9.17, 15) is 4.79 Å². The normalized spacial score (nSPS) is 17.3. The number of rotatable bonds is 6. The SMILES string of the molecule is CCCNC(=O)c1cnc(Oc2ccc3c(c2)CCN(C2CCC2)CC3)cn1. The smallest absolute Gasteiger partial charge is 0.271 e. The van der Waals surface area contributed by atoms with Crippen molar-refractivity contribution in [3.05, 3.63) is 47.4 Å². The monoisotopic (exact) mass is 380 g/mol. The van der Waals surface area contributed by atoms with Gasteiger partial charge in [-0.25, -0.2) is 9.97 Å². The first kappa shape index (κ1) is 18.9. The van der Waals surface area contributed by atoms with Crippen molar-refractivity contribution >= 4 is 5.91 Å². The van der Waals surface area contributed by atoms with Gasteiger partial charge in [0.25, 0.3) is 5.91 Å². The fourth-order valence-corrected chi connectivity index (χ4v) is 3.84. The molecule has 28 heavy (non-hydrogen) atoms. The Morgan fingerprint density at radius 2 is 2.00 bits per heavy atom. The Morgan fingerprint density at radius 1 is 1.18 bits per heavy atom. The summed E-state index contributed by atoms with van der Waals surface area (Å²) in [6.07, 6.45) is 10.1. The van der Waals surface area contributed by atoms with Crippen molar-refractivity contribution < 1.29 is 9.53 Å². The van der Waals surface area contributed by atoms with E-state index in [4.69, 9.17) is 4.74 Å². The van der Waals surface area contributed by atoms with Crippen LogP contribution in [0.1, 0.15) is 54.2 Å². The number of ether oxygens (including phenoxy) is 1. The van der Waals surface area contributed by atoms with Gasteiger partial charge in [0.05, 0.1) is 12.4 Å². The van der Waals surface area contributed by atoms with Crippen LogP contribution in [0.15, 0.2) is 30.6 Å². The van der Waals surface area contributed by atoms with E-state index >= 15 is 0 Å². The van der Waals surface area contributed by atoms with Crippen LogP contribution in [0.25, 0.3) is 0 Å². The summed E-state index contributed by atoms with van der Waals surface area (Å²) in [5.74, 6) is 0.965. The molecular weight excluding hydrogens is 352 g/mol. The number of amides is 1. The molecule has 0 saturated heterocycles. The maximum absolute atomic E-state index is 11.9. The fraction of sp³-hybridized carbons (Fsp3) is 0.500. The van der Waals surface area contributed by atoms with Gasteiger partial charge in [0.2, 0.25) is 5.88 Å². The van der Waals surface area contributed by atoms with Gasteiger partial charge in [0.1, 0.15) is 11.4 Å². The second-order valence-electron chi connectivity index (χ2n) is 7.65. The van der Waals surface area contributed by atoms with Crippen LogP contribution >= 0.6 is 0 Å². The number of hydrogen-bond acceptors (Lipinski definition) is 5. The number of nitrogens with zero attached hydrogens (tertiary/aromatic N) is 3. The molecule has 2 aromatic rings. The lowest BCUT2D eigenvalue weighted by atomic mass is 9.91. The van der Waals surface area contributed by atoms with Gasteiger partial charge in [-0.1, -0.05) is 19.4 Å². The molecule has 6 nitrogen and oxygen atoms in total. The lowest BCUT2D eigenvalue weighted by Crippen LogP contribution is -2.41. The predicted octanol–water partition coefficient (Wildman–Crippen LogP) is 3.36.